The van der Waals surface area contributed by atoms with Gasteiger partial charge < -0.3 is 5.32 Å². The number of nitro benzene ring substituents is 1. The van der Waals surface area contributed by atoms with E-state index in [4.69, 9.17) is 0 Å². The zero-order chi connectivity index (χ0) is 13.1. The van der Waals surface area contributed by atoms with Crippen molar-refractivity contribution in [3.8, 4) is 0 Å². The van der Waals surface area contributed by atoms with E-state index < -0.39 is 15.7 Å². The van der Waals surface area contributed by atoms with Gasteiger partial charge in [0.15, 0.2) is 0 Å². The average molecular weight is 333 g/mol. The number of nitro groups is 1. The maximum atomic E-state index is 11.3. The van der Waals surface area contributed by atoms with Crippen molar-refractivity contribution in [2.75, 3.05) is 16.8 Å². The predicted octanol–water partition coefficient (Wildman–Crippen LogP) is 2.68. The Morgan fingerprint density at radius 2 is 2.06 bits per heavy atom. The lowest BCUT2D eigenvalue weighted by Gasteiger charge is -2.23. The third-order valence-corrected chi connectivity index (χ3v) is 4.78. The molecule has 5 nitrogen and oxygen atoms in total. The van der Waals surface area contributed by atoms with E-state index in [1.54, 1.807) is 12.1 Å². The van der Waals surface area contributed by atoms with Crippen molar-refractivity contribution in [2.24, 2.45) is 0 Å². The smallest absolute Gasteiger partial charge is 0.292 e. The molecular formula is C11H13BrN2O3S. The molecule has 1 saturated heterocycles. The van der Waals surface area contributed by atoms with Gasteiger partial charge in [-0.2, -0.15) is 0 Å². The molecule has 1 aliphatic rings. The number of nitrogens with one attached hydrogen (secondary N) is 1. The van der Waals surface area contributed by atoms with Crippen LogP contribution in [0.25, 0.3) is 0 Å². The maximum absolute atomic E-state index is 11.3. The van der Waals surface area contributed by atoms with E-state index in [-0.39, 0.29) is 11.7 Å². The molecule has 98 valence electrons. The summed E-state index contributed by atoms with van der Waals surface area (Å²) >= 11 is 3.31. The van der Waals surface area contributed by atoms with Crippen molar-refractivity contribution in [1.82, 2.24) is 0 Å². The van der Waals surface area contributed by atoms with Crippen molar-refractivity contribution in [3.05, 3.63) is 32.8 Å². The fourth-order valence-corrected chi connectivity index (χ4v) is 3.60. The van der Waals surface area contributed by atoms with Gasteiger partial charge in [-0.15, -0.1) is 0 Å². The standard InChI is InChI=1S/C11H13BrN2O3S/c12-8-1-2-11(14(15)16)10(7-8)13-9-3-5-18(17)6-4-9/h1-2,7,9,13H,3-6H2. The van der Waals surface area contributed by atoms with Crippen molar-refractivity contribution < 1.29 is 9.13 Å². The average Bonchev–Trinajstić information content (AvgIpc) is 2.32. The zero-order valence-corrected chi connectivity index (χ0v) is 12.0. The van der Waals surface area contributed by atoms with Gasteiger partial charge in [0.25, 0.3) is 5.69 Å². The SMILES string of the molecule is O=[N+]([O-])c1ccc(Br)cc1NC1CCS(=O)CC1. The predicted molar refractivity (Wildman–Crippen MR) is 75.3 cm³/mol. The van der Waals surface area contributed by atoms with Crippen LogP contribution < -0.4 is 5.32 Å². The number of halogens is 1. The zero-order valence-electron chi connectivity index (χ0n) is 9.60. The molecule has 1 fully saturated rings. The summed E-state index contributed by atoms with van der Waals surface area (Å²) in [7, 11) is -0.721. The Morgan fingerprint density at radius 1 is 1.39 bits per heavy atom. The van der Waals surface area contributed by atoms with Gasteiger partial charge in [-0.3, -0.25) is 14.3 Å². The van der Waals surface area contributed by atoms with Crippen LogP contribution >= 0.6 is 15.9 Å². The summed E-state index contributed by atoms with van der Waals surface area (Å²) in [6.07, 6.45) is 1.58. The van der Waals surface area contributed by atoms with E-state index in [9.17, 15) is 14.3 Å². The summed E-state index contributed by atoms with van der Waals surface area (Å²) in [5.41, 5.74) is 0.594. The molecule has 0 aromatic heterocycles. The molecule has 1 N–H and O–H groups in total. The molecule has 7 heteroatoms. The van der Waals surface area contributed by atoms with Crippen LogP contribution in [-0.2, 0) is 10.8 Å². The number of benzene rings is 1. The van der Waals surface area contributed by atoms with Gasteiger partial charge in [-0.25, -0.2) is 0 Å². The summed E-state index contributed by atoms with van der Waals surface area (Å²) in [4.78, 5) is 10.5. The Labute approximate surface area is 116 Å². The summed E-state index contributed by atoms with van der Waals surface area (Å²) in [6, 6.07) is 5.01. The van der Waals surface area contributed by atoms with Gasteiger partial charge in [-0.05, 0) is 25.0 Å². The minimum atomic E-state index is -0.721. The first-order valence-corrected chi connectivity index (χ1v) is 7.90. The van der Waals surface area contributed by atoms with Crippen molar-refractivity contribution in [2.45, 2.75) is 18.9 Å². The third-order valence-electron chi connectivity index (χ3n) is 2.90. The molecule has 0 saturated carbocycles. The fourth-order valence-electron chi connectivity index (χ4n) is 1.94. The largest absolute Gasteiger partial charge is 0.377 e. The quantitative estimate of drug-likeness (QED) is 0.682. The van der Waals surface area contributed by atoms with E-state index in [1.165, 1.54) is 6.07 Å². The molecule has 1 aromatic rings. The van der Waals surface area contributed by atoms with E-state index in [0.717, 1.165) is 17.3 Å². The van der Waals surface area contributed by atoms with Crippen molar-refractivity contribution in [1.29, 1.82) is 0 Å². The molecule has 0 bridgehead atoms. The van der Waals surface area contributed by atoms with Crippen LogP contribution in [0.4, 0.5) is 11.4 Å². The summed E-state index contributed by atoms with van der Waals surface area (Å²) in [5, 5.41) is 14.1. The van der Waals surface area contributed by atoms with Gasteiger partial charge in [0.1, 0.15) is 5.69 Å². The first-order valence-electron chi connectivity index (χ1n) is 5.61. The van der Waals surface area contributed by atoms with Crippen LogP contribution in [0.15, 0.2) is 22.7 Å². The molecule has 2 rings (SSSR count). The van der Waals surface area contributed by atoms with E-state index >= 15 is 0 Å². The second-order valence-electron chi connectivity index (χ2n) is 4.19. The van der Waals surface area contributed by atoms with E-state index in [1.807, 2.05) is 0 Å². The number of hydrogen-bond donors (Lipinski definition) is 1. The fraction of sp³-hybridized carbons (Fsp3) is 0.455. The summed E-state index contributed by atoms with van der Waals surface area (Å²) in [6.45, 7) is 0. The maximum Gasteiger partial charge on any atom is 0.292 e. The molecule has 0 aliphatic carbocycles. The molecule has 0 atom stereocenters. The van der Waals surface area contributed by atoms with Gasteiger partial charge in [0.2, 0.25) is 0 Å². The van der Waals surface area contributed by atoms with Crippen molar-refractivity contribution >= 4 is 38.1 Å². The molecular weight excluding hydrogens is 320 g/mol. The van der Waals surface area contributed by atoms with Crippen LogP contribution in [0.1, 0.15) is 12.8 Å². The Balaban J connectivity index is 2.15. The molecule has 0 radical (unpaired) electrons. The lowest BCUT2D eigenvalue weighted by atomic mass is 10.1. The molecule has 1 aromatic carbocycles. The molecule has 18 heavy (non-hydrogen) atoms. The van der Waals surface area contributed by atoms with Gasteiger partial charge in [0, 0.05) is 38.9 Å². The number of hydrogen-bond acceptors (Lipinski definition) is 4. The van der Waals surface area contributed by atoms with Crippen LogP contribution in [0, 0.1) is 10.1 Å². The lowest BCUT2D eigenvalue weighted by Crippen LogP contribution is -2.29. The van der Waals surface area contributed by atoms with Gasteiger partial charge in [-0.1, -0.05) is 15.9 Å². The third kappa shape index (κ3) is 3.29. The highest BCUT2D eigenvalue weighted by Gasteiger charge is 2.21. The Kier molecular flexibility index (Phi) is 4.34. The highest BCUT2D eigenvalue weighted by molar-refractivity contribution is 9.10. The lowest BCUT2D eigenvalue weighted by molar-refractivity contribution is -0.384. The highest BCUT2D eigenvalue weighted by atomic mass is 79.9. The number of rotatable bonds is 3. The molecule has 0 amide bonds. The Hall–Kier alpha value is -0.950. The minimum Gasteiger partial charge on any atom is -0.377 e. The van der Waals surface area contributed by atoms with Crippen LogP contribution in [-0.4, -0.2) is 26.7 Å². The monoisotopic (exact) mass is 332 g/mol. The van der Waals surface area contributed by atoms with Crippen LogP contribution in [0.3, 0.4) is 0 Å². The van der Waals surface area contributed by atoms with Crippen LogP contribution in [0.5, 0.6) is 0 Å². The van der Waals surface area contributed by atoms with E-state index in [2.05, 4.69) is 21.2 Å². The summed E-state index contributed by atoms with van der Waals surface area (Å²) in [5.74, 6) is 1.33. The normalized spacial score (nSPS) is 23.6. The second kappa shape index (κ2) is 5.79. The Morgan fingerprint density at radius 3 is 2.67 bits per heavy atom. The molecule has 1 heterocycles. The second-order valence-corrected chi connectivity index (χ2v) is 6.80. The topological polar surface area (TPSA) is 72.2 Å². The number of nitrogens with zero attached hydrogens (tertiary/aromatic N) is 1. The highest BCUT2D eigenvalue weighted by Crippen LogP contribution is 2.29. The Bertz CT molecular complexity index is 485. The van der Waals surface area contributed by atoms with Crippen molar-refractivity contribution in [3.63, 3.8) is 0 Å². The summed E-state index contributed by atoms with van der Waals surface area (Å²) < 4.78 is 12.1. The van der Waals surface area contributed by atoms with Gasteiger partial charge >= 0.3 is 0 Å². The van der Waals surface area contributed by atoms with Gasteiger partial charge in [0.05, 0.1) is 4.92 Å². The first-order chi connectivity index (χ1) is 8.56. The van der Waals surface area contributed by atoms with E-state index in [0.29, 0.717) is 17.2 Å². The molecule has 0 spiro atoms. The van der Waals surface area contributed by atoms with Crippen LogP contribution in [0.2, 0.25) is 0 Å². The molecule has 1 aliphatic heterocycles. The number of anilines is 1. The molecule has 0 unspecified atom stereocenters. The first kappa shape index (κ1) is 13.5. The minimum absolute atomic E-state index is 0.0740.